The van der Waals surface area contributed by atoms with E-state index in [9.17, 15) is 4.79 Å². The highest BCUT2D eigenvalue weighted by Gasteiger charge is 2.51. The molecular formula is C20H27NO2. The molecule has 1 amide bonds. The largest absolute Gasteiger partial charge is 0.497 e. The third-order valence-electron chi connectivity index (χ3n) is 6.24. The Morgan fingerprint density at radius 1 is 1.09 bits per heavy atom. The minimum Gasteiger partial charge on any atom is -0.497 e. The third-order valence-corrected chi connectivity index (χ3v) is 6.24. The minimum absolute atomic E-state index is 0.145. The normalized spacial score (nSPS) is 34.4. The second-order valence-corrected chi connectivity index (χ2v) is 8.09. The number of hydrogen-bond acceptors (Lipinski definition) is 2. The van der Waals surface area contributed by atoms with Crippen molar-refractivity contribution >= 4 is 5.91 Å². The first-order valence-corrected chi connectivity index (χ1v) is 9.08. The monoisotopic (exact) mass is 313 g/mol. The van der Waals surface area contributed by atoms with Crippen molar-refractivity contribution in [2.75, 3.05) is 7.11 Å². The van der Waals surface area contributed by atoms with E-state index in [1.807, 2.05) is 12.1 Å². The molecule has 1 N–H and O–H groups in total. The lowest BCUT2D eigenvalue weighted by atomic mass is 9.53. The molecule has 23 heavy (non-hydrogen) atoms. The van der Waals surface area contributed by atoms with Crippen LogP contribution in [0.1, 0.15) is 50.5 Å². The van der Waals surface area contributed by atoms with Crippen molar-refractivity contribution in [1.82, 2.24) is 5.32 Å². The van der Waals surface area contributed by atoms with Crippen molar-refractivity contribution < 1.29 is 9.53 Å². The molecule has 0 aliphatic heterocycles. The number of rotatable bonds is 5. The summed E-state index contributed by atoms with van der Waals surface area (Å²) < 4.78 is 5.17. The van der Waals surface area contributed by atoms with Gasteiger partial charge >= 0.3 is 0 Å². The number of aryl methyl sites for hydroxylation is 1. The zero-order chi connectivity index (χ0) is 15.9. The second kappa shape index (κ2) is 5.85. The van der Waals surface area contributed by atoms with Crippen molar-refractivity contribution in [3.8, 4) is 5.75 Å². The maximum atomic E-state index is 12.5. The van der Waals surface area contributed by atoms with Crippen molar-refractivity contribution in [2.24, 2.45) is 17.8 Å². The molecule has 4 aliphatic rings. The highest BCUT2D eigenvalue weighted by molar-refractivity contribution is 5.77. The molecule has 0 atom stereocenters. The van der Waals surface area contributed by atoms with Gasteiger partial charge in [0, 0.05) is 12.0 Å². The Bertz CT molecular complexity index is 543. The molecule has 4 aliphatic carbocycles. The molecule has 1 aromatic rings. The number of amides is 1. The summed E-state index contributed by atoms with van der Waals surface area (Å²) in [5.74, 6) is 3.74. The smallest absolute Gasteiger partial charge is 0.220 e. The van der Waals surface area contributed by atoms with E-state index in [1.165, 1.54) is 44.1 Å². The lowest BCUT2D eigenvalue weighted by molar-refractivity contribution is -0.126. The summed E-state index contributed by atoms with van der Waals surface area (Å²) in [4.78, 5) is 12.5. The molecule has 3 heteroatoms. The van der Waals surface area contributed by atoms with Gasteiger partial charge in [0.25, 0.3) is 0 Å². The Morgan fingerprint density at radius 2 is 1.65 bits per heavy atom. The first kappa shape index (κ1) is 15.0. The van der Waals surface area contributed by atoms with Crippen LogP contribution in [-0.2, 0) is 11.2 Å². The van der Waals surface area contributed by atoms with E-state index in [-0.39, 0.29) is 11.4 Å². The predicted octanol–water partition coefficient (Wildman–Crippen LogP) is 3.71. The SMILES string of the molecule is COc1ccc(CCC(=O)NC23CC4CC(CC(C4)C2)C3)cc1. The van der Waals surface area contributed by atoms with Gasteiger partial charge in [-0.2, -0.15) is 0 Å². The fourth-order valence-electron chi connectivity index (χ4n) is 5.67. The molecule has 0 spiro atoms. The van der Waals surface area contributed by atoms with Crippen LogP contribution in [0, 0.1) is 17.8 Å². The van der Waals surface area contributed by atoms with Crippen molar-refractivity contribution in [1.29, 1.82) is 0 Å². The average molecular weight is 313 g/mol. The van der Waals surface area contributed by atoms with E-state index < -0.39 is 0 Å². The van der Waals surface area contributed by atoms with Crippen molar-refractivity contribution in [3.63, 3.8) is 0 Å². The van der Waals surface area contributed by atoms with Crippen LogP contribution in [0.3, 0.4) is 0 Å². The first-order valence-electron chi connectivity index (χ1n) is 9.08. The van der Waals surface area contributed by atoms with Crippen LogP contribution in [0.5, 0.6) is 5.75 Å². The Balaban J connectivity index is 1.33. The first-order chi connectivity index (χ1) is 11.1. The highest BCUT2D eigenvalue weighted by Crippen LogP contribution is 2.55. The summed E-state index contributed by atoms with van der Waals surface area (Å²) in [5, 5.41) is 3.45. The molecule has 0 unspecified atom stereocenters. The van der Waals surface area contributed by atoms with Crippen molar-refractivity contribution in [2.45, 2.75) is 56.9 Å². The number of methoxy groups -OCH3 is 1. The molecule has 0 aromatic heterocycles. The molecule has 0 heterocycles. The maximum absolute atomic E-state index is 12.5. The Hall–Kier alpha value is -1.51. The zero-order valence-electron chi connectivity index (χ0n) is 14.0. The quantitative estimate of drug-likeness (QED) is 0.900. The summed E-state index contributed by atoms with van der Waals surface area (Å²) >= 11 is 0. The fraction of sp³-hybridized carbons (Fsp3) is 0.650. The molecule has 1 aromatic carbocycles. The summed E-state index contributed by atoms with van der Waals surface area (Å²) in [7, 11) is 1.67. The van der Waals surface area contributed by atoms with E-state index >= 15 is 0 Å². The summed E-state index contributed by atoms with van der Waals surface area (Å²) in [6.07, 6.45) is 9.34. The Morgan fingerprint density at radius 3 is 2.17 bits per heavy atom. The third kappa shape index (κ3) is 3.11. The molecule has 3 nitrogen and oxygen atoms in total. The summed E-state index contributed by atoms with van der Waals surface area (Å²) in [6, 6.07) is 8.03. The molecular weight excluding hydrogens is 286 g/mol. The van der Waals surface area contributed by atoms with Gasteiger partial charge in [-0.3, -0.25) is 4.79 Å². The summed E-state index contributed by atoms with van der Waals surface area (Å²) in [6.45, 7) is 0. The van der Waals surface area contributed by atoms with Gasteiger partial charge in [0.2, 0.25) is 5.91 Å². The fourth-order valence-corrected chi connectivity index (χ4v) is 5.67. The van der Waals surface area contributed by atoms with E-state index in [1.54, 1.807) is 7.11 Å². The summed E-state index contributed by atoms with van der Waals surface area (Å²) in [5.41, 5.74) is 1.35. The molecule has 0 radical (unpaired) electrons. The van der Waals surface area contributed by atoms with E-state index in [4.69, 9.17) is 4.74 Å². The van der Waals surface area contributed by atoms with Gasteiger partial charge in [0.1, 0.15) is 5.75 Å². The number of ether oxygens (including phenoxy) is 1. The minimum atomic E-state index is 0.145. The van der Waals surface area contributed by atoms with Crippen LogP contribution >= 0.6 is 0 Å². The number of nitrogens with one attached hydrogen (secondary N) is 1. The molecule has 5 rings (SSSR count). The lowest BCUT2D eigenvalue weighted by Crippen LogP contribution is -2.59. The molecule has 4 bridgehead atoms. The second-order valence-electron chi connectivity index (χ2n) is 8.09. The van der Waals surface area contributed by atoms with Gasteiger partial charge in [0.15, 0.2) is 0 Å². The van der Waals surface area contributed by atoms with Crippen LogP contribution < -0.4 is 10.1 Å². The van der Waals surface area contributed by atoms with Crippen LogP contribution in [0.15, 0.2) is 24.3 Å². The van der Waals surface area contributed by atoms with E-state index in [0.29, 0.717) is 6.42 Å². The van der Waals surface area contributed by atoms with Crippen LogP contribution in [-0.4, -0.2) is 18.6 Å². The van der Waals surface area contributed by atoms with Gasteiger partial charge < -0.3 is 10.1 Å². The number of carbonyl (C=O) groups is 1. The van der Waals surface area contributed by atoms with Crippen LogP contribution in [0.25, 0.3) is 0 Å². The van der Waals surface area contributed by atoms with Gasteiger partial charge in [-0.15, -0.1) is 0 Å². The molecule has 124 valence electrons. The van der Waals surface area contributed by atoms with Gasteiger partial charge in [-0.05, 0) is 80.4 Å². The van der Waals surface area contributed by atoms with E-state index in [2.05, 4.69) is 17.4 Å². The molecule has 0 saturated heterocycles. The lowest BCUT2D eigenvalue weighted by Gasteiger charge is -2.56. The Labute approximate surface area is 138 Å². The number of benzene rings is 1. The highest BCUT2D eigenvalue weighted by atomic mass is 16.5. The topological polar surface area (TPSA) is 38.3 Å². The van der Waals surface area contributed by atoms with Gasteiger partial charge in [0.05, 0.1) is 7.11 Å². The number of hydrogen-bond donors (Lipinski definition) is 1. The number of carbonyl (C=O) groups excluding carboxylic acids is 1. The zero-order valence-corrected chi connectivity index (χ0v) is 14.0. The maximum Gasteiger partial charge on any atom is 0.220 e. The van der Waals surface area contributed by atoms with Crippen molar-refractivity contribution in [3.05, 3.63) is 29.8 Å². The molecule has 4 fully saturated rings. The standard InChI is InChI=1S/C20H27NO2/c1-23-18-5-2-14(3-6-18)4-7-19(22)21-20-11-15-8-16(12-20)10-17(9-15)13-20/h2-3,5-6,15-17H,4,7-13H2,1H3,(H,21,22). The van der Waals surface area contributed by atoms with Gasteiger partial charge in [-0.25, -0.2) is 0 Å². The van der Waals surface area contributed by atoms with E-state index in [0.717, 1.165) is 29.9 Å². The molecule has 4 saturated carbocycles. The average Bonchev–Trinajstić information content (AvgIpc) is 2.51. The van der Waals surface area contributed by atoms with Crippen LogP contribution in [0.4, 0.5) is 0 Å². The van der Waals surface area contributed by atoms with Gasteiger partial charge in [-0.1, -0.05) is 12.1 Å². The predicted molar refractivity (Wildman–Crippen MR) is 90.4 cm³/mol. The Kier molecular flexibility index (Phi) is 3.82. The van der Waals surface area contributed by atoms with Crippen LogP contribution in [0.2, 0.25) is 0 Å².